The van der Waals surface area contributed by atoms with Gasteiger partial charge in [-0.2, -0.15) is 0 Å². The molecule has 0 N–H and O–H groups in total. The summed E-state index contributed by atoms with van der Waals surface area (Å²) >= 11 is 0.720. The second kappa shape index (κ2) is 3.08. The monoisotopic (exact) mass is 250 g/mol. The minimum atomic E-state index is -3.83. The van der Waals surface area contributed by atoms with Crippen molar-refractivity contribution in [2.75, 3.05) is 0 Å². The Labute approximate surface area is 87.2 Å². The third-order valence-corrected chi connectivity index (χ3v) is 3.95. The van der Waals surface area contributed by atoms with Gasteiger partial charge in [0.2, 0.25) is 0 Å². The number of hydrogen-bond acceptors (Lipinski definition) is 5. The van der Waals surface area contributed by atoms with Crippen LogP contribution >= 0.6 is 22.0 Å². The van der Waals surface area contributed by atoms with E-state index in [2.05, 4.69) is 0 Å². The number of hydrogen-bond donors (Lipinski definition) is 0. The number of rotatable bonds is 1. The molecule has 1 aromatic heterocycles. The summed E-state index contributed by atoms with van der Waals surface area (Å²) in [6.07, 6.45) is 0. The van der Waals surface area contributed by atoms with E-state index in [-0.39, 0.29) is 15.2 Å². The molecule has 4 nitrogen and oxygen atoms in total. The van der Waals surface area contributed by atoms with Gasteiger partial charge in [-0.05, 0) is 12.1 Å². The molecule has 7 heteroatoms. The quantitative estimate of drug-likeness (QED) is 0.724. The lowest BCUT2D eigenvalue weighted by molar-refractivity contribution is 0.584. The van der Waals surface area contributed by atoms with Gasteiger partial charge in [0.1, 0.15) is 4.90 Å². The summed E-state index contributed by atoms with van der Waals surface area (Å²) < 4.78 is 27.2. The van der Waals surface area contributed by atoms with Crippen molar-refractivity contribution in [2.45, 2.75) is 4.90 Å². The van der Waals surface area contributed by atoms with Crippen molar-refractivity contribution in [3.63, 3.8) is 0 Å². The molecule has 0 aliphatic carbocycles. The summed E-state index contributed by atoms with van der Waals surface area (Å²) in [7, 11) is 1.35. The minimum absolute atomic E-state index is 0.0903. The first-order valence-corrected chi connectivity index (χ1v) is 6.58. The fraction of sp³-hybridized carbons (Fsp3) is 0. The topological polar surface area (TPSA) is 64.3 Å². The molecule has 0 bridgehead atoms. The molecule has 0 saturated heterocycles. The third-order valence-electron chi connectivity index (χ3n) is 1.58. The highest BCUT2D eigenvalue weighted by Gasteiger charge is 2.16. The second-order valence-electron chi connectivity index (χ2n) is 2.48. The van der Waals surface area contributed by atoms with E-state index in [0.29, 0.717) is 0 Å². The summed E-state index contributed by atoms with van der Waals surface area (Å²) in [6, 6.07) is 4.31. The molecule has 0 radical (unpaired) electrons. The van der Waals surface area contributed by atoms with Crippen LogP contribution in [0.25, 0.3) is 10.3 Å². The van der Waals surface area contributed by atoms with Gasteiger partial charge in [0.25, 0.3) is 9.05 Å². The SMILES string of the molecule is O=c1oc2cccc(S(=O)(=O)Cl)c2s1. The van der Waals surface area contributed by atoms with Crippen molar-refractivity contribution < 1.29 is 12.8 Å². The molecule has 0 unspecified atom stereocenters. The van der Waals surface area contributed by atoms with Crippen LogP contribution in [0.1, 0.15) is 0 Å². The third kappa shape index (κ3) is 1.56. The van der Waals surface area contributed by atoms with Crippen LogP contribution in [0.2, 0.25) is 0 Å². The predicted molar refractivity (Wildman–Crippen MR) is 53.4 cm³/mol. The highest BCUT2D eigenvalue weighted by molar-refractivity contribution is 8.14. The van der Waals surface area contributed by atoms with Gasteiger partial charge in [0.15, 0.2) is 5.58 Å². The number of fused-ring (bicyclic) bond motifs is 1. The molecule has 0 spiro atoms. The van der Waals surface area contributed by atoms with Crippen molar-refractivity contribution in [1.82, 2.24) is 0 Å². The summed E-state index contributed by atoms with van der Waals surface area (Å²) in [5, 5.41) is 0. The van der Waals surface area contributed by atoms with Gasteiger partial charge in [-0.3, -0.25) is 0 Å². The Bertz CT molecular complexity index is 637. The summed E-state index contributed by atoms with van der Waals surface area (Å²) in [6.45, 7) is 0. The first kappa shape index (κ1) is 9.70. The van der Waals surface area contributed by atoms with E-state index < -0.39 is 14.0 Å². The molecule has 1 aromatic carbocycles. The van der Waals surface area contributed by atoms with Crippen LogP contribution in [0.5, 0.6) is 0 Å². The summed E-state index contributed by atoms with van der Waals surface area (Å²) in [4.78, 5) is 10.2. The van der Waals surface area contributed by atoms with Crippen molar-refractivity contribution in [2.24, 2.45) is 0 Å². The van der Waals surface area contributed by atoms with E-state index in [4.69, 9.17) is 15.1 Å². The number of benzene rings is 1. The average Bonchev–Trinajstić information content (AvgIpc) is 2.41. The van der Waals surface area contributed by atoms with Crippen LogP contribution in [-0.2, 0) is 9.05 Å². The van der Waals surface area contributed by atoms with Crippen LogP contribution in [-0.4, -0.2) is 8.42 Å². The molecule has 0 saturated carbocycles. The first-order chi connectivity index (χ1) is 6.48. The summed E-state index contributed by atoms with van der Waals surface area (Å²) in [5.74, 6) is 0. The Morgan fingerprint density at radius 2 is 2.07 bits per heavy atom. The van der Waals surface area contributed by atoms with Crippen LogP contribution in [0.3, 0.4) is 0 Å². The normalized spacial score (nSPS) is 12.1. The molecule has 2 rings (SSSR count). The molecule has 0 aliphatic heterocycles. The zero-order valence-electron chi connectivity index (χ0n) is 6.56. The Kier molecular flexibility index (Phi) is 2.13. The van der Waals surface area contributed by atoms with Gasteiger partial charge in [0.05, 0.1) is 4.70 Å². The zero-order valence-corrected chi connectivity index (χ0v) is 8.95. The Morgan fingerprint density at radius 1 is 1.36 bits per heavy atom. The fourth-order valence-corrected chi connectivity index (χ4v) is 3.28. The lowest BCUT2D eigenvalue weighted by Crippen LogP contribution is -1.89. The van der Waals surface area contributed by atoms with Gasteiger partial charge in [-0.25, -0.2) is 13.2 Å². The van der Waals surface area contributed by atoms with E-state index in [9.17, 15) is 13.2 Å². The van der Waals surface area contributed by atoms with Crippen LogP contribution in [0.15, 0.2) is 32.3 Å². The largest absolute Gasteiger partial charge is 0.414 e. The predicted octanol–water partition coefficient (Wildman–Crippen LogP) is 1.78. The molecule has 0 fully saturated rings. The van der Waals surface area contributed by atoms with Crippen LogP contribution < -0.4 is 4.94 Å². The highest BCUT2D eigenvalue weighted by atomic mass is 35.7. The molecule has 1 heterocycles. The number of halogens is 1. The molecular weight excluding hydrogens is 248 g/mol. The zero-order chi connectivity index (χ0) is 10.3. The lowest BCUT2D eigenvalue weighted by Gasteiger charge is -1.94. The van der Waals surface area contributed by atoms with E-state index in [1.165, 1.54) is 18.2 Å². The molecule has 0 atom stereocenters. The van der Waals surface area contributed by atoms with Gasteiger partial charge >= 0.3 is 4.94 Å². The molecule has 2 aromatic rings. The standard InChI is InChI=1S/C7H3ClO4S2/c8-14(10,11)5-3-1-2-4-6(5)13-7(9)12-4/h1-3H. The van der Waals surface area contributed by atoms with Gasteiger partial charge in [-0.15, -0.1) is 0 Å². The van der Waals surface area contributed by atoms with Gasteiger partial charge in [0, 0.05) is 10.7 Å². The average molecular weight is 251 g/mol. The van der Waals surface area contributed by atoms with E-state index >= 15 is 0 Å². The molecule has 74 valence electrons. The minimum Gasteiger partial charge on any atom is -0.414 e. The first-order valence-electron chi connectivity index (χ1n) is 3.46. The van der Waals surface area contributed by atoms with E-state index in [1.54, 1.807) is 0 Å². The molecule has 0 aliphatic rings. The van der Waals surface area contributed by atoms with Crippen molar-refractivity contribution in [3.05, 3.63) is 27.9 Å². The smallest absolute Gasteiger partial charge is 0.396 e. The molecule has 14 heavy (non-hydrogen) atoms. The summed E-state index contributed by atoms with van der Waals surface area (Å²) in [5.41, 5.74) is 0.238. The Hall–Kier alpha value is -0.850. The van der Waals surface area contributed by atoms with Crippen LogP contribution in [0, 0.1) is 0 Å². The van der Waals surface area contributed by atoms with E-state index in [0.717, 1.165) is 11.3 Å². The maximum Gasteiger partial charge on any atom is 0.396 e. The molecular formula is C7H3ClO4S2. The van der Waals surface area contributed by atoms with Crippen molar-refractivity contribution >= 4 is 41.4 Å². The highest BCUT2D eigenvalue weighted by Crippen LogP contribution is 2.27. The van der Waals surface area contributed by atoms with Gasteiger partial charge < -0.3 is 4.42 Å². The second-order valence-corrected chi connectivity index (χ2v) is 5.96. The van der Waals surface area contributed by atoms with Crippen molar-refractivity contribution in [1.29, 1.82) is 0 Å². The Balaban J connectivity index is 2.98. The Morgan fingerprint density at radius 3 is 2.71 bits per heavy atom. The molecule has 0 amide bonds. The van der Waals surface area contributed by atoms with Crippen LogP contribution in [0.4, 0.5) is 0 Å². The maximum atomic E-state index is 11.1. The van der Waals surface area contributed by atoms with Crippen molar-refractivity contribution in [3.8, 4) is 0 Å². The lowest BCUT2D eigenvalue weighted by atomic mass is 10.3. The van der Waals surface area contributed by atoms with Gasteiger partial charge in [-0.1, -0.05) is 17.4 Å². The van der Waals surface area contributed by atoms with E-state index in [1.807, 2.05) is 0 Å². The fourth-order valence-electron chi connectivity index (χ4n) is 1.06. The maximum absolute atomic E-state index is 11.1.